The molecule has 0 bridgehead atoms. The van der Waals surface area contributed by atoms with Crippen LogP contribution in [0.3, 0.4) is 0 Å². The van der Waals surface area contributed by atoms with Crippen molar-refractivity contribution in [2.45, 2.75) is 25.9 Å². The molecule has 2 unspecified atom stereocenters. The number of ether oxygens (including phenoxy) is 1. The number of carbonyl (C=O) groups excluding carboxylic acids is 1. The summed E-state index contributed by atoms with van der Waals surface area (Å²) in [6.07, 6.45) is 1.82. The van der Waals surface area contributed by atoms with Crippen molar-refractivity contribution < 1.29 is 9.53 Å². The molecule has 1 aromatic rings. The quantitative estimate of drug-likeness (QED) is 0.887. The summed E-state index contributed by atoms with van der Waals surface area (Å²) in [5.74, 6) is 0.629. The molecule has 0 radical (unpaired) electrons. The van der Waals surface area contributed by atoms with Crippen molar-refractivity contribution >= 4 is 41.5 Å². The third-order valence-electron chi connectivity index (χ3n) is 3.66. The third kappa shape index (κ3) is 4.92. The van der Waals surface area contributed by atoms with E-state index in [9.17, 15) is 4.79 Å². The molecule has 1 fully saturated rings. The fraction of sp³-hybridized carbons (Fsp3) is 0.533. The number of benzene rings is 1. The van der Waals surface area contributed by atoms with Gasteiger partial charge in [0.15, 0.2) is 0 Å². The van der Waals surface area contributed by atoms with Crippen molar-refractivity contribution in [3.8, 4) is 5.75 Å². The fourth-order valence-corrected chi connectivity index (χ4v) is 2.68. The number of carbonyl (C=O) groups is 1. The van der Waals surface area contributed by atoms with E-state index in [0.717, 1.165) is 19.4 Å². The van der Waals surface area contributed by atoms with Gasteiger partial charge in [-0.1, -0.05) is 30.1 Å². The summed E-state index contributed by atoms with van der Waals surface area (Å²) in [6.45, 7) is 3.58. The first-order chi connectivity index (χ1) is 10.0. The molecule has 22 heavy (non-hydrogen) atoms. The molecule has 1 aliphatic rings. The first-order valence-electron chi connectivity index (χ1n) is 7.12. The van der Waals surface area contributed by atoms with Crippen LogP contribution >= 0.6 is 35.6 Å². The second-order valence-electron chi connectivity index (χ2n) is 5.38. The van der Waals surface area contributed by atoms with Crippen molar-refractivity contribution in [2.75, 3.05) is 19.6 Å². The third-order valence-corrected chi connectivity index (χ3v) is 4.40. The van der Waals surface area contributed by atoms with Crippen molar-refractivity contribution in [2.24, 2.45) is 11.7 Å². The summed E-state index contributed by atoms with van der Waals surface area (Å²) in [5.41, 5.74) is 5.56. The summed E-state index contributed by atoms with van der Waals surface area (Å²) in [6, 6.07) is 5.20. The van der Waals surface area contributed by atoms with Crippen LogP contribution in [0, 0.1) is 5.92 Å². The van der Waals surface area contributed by atoms with E-state index in [1.54, 1.807) is 18.2 Å². The van der Waals surface area contributed by atoms with E-state index in [-0.39, 0.29) is 30.3 Å². The van der Waals surface area contributed by atoms with Gasteiger partial charge in [-0.3, -0.25) is 4.79 Å². The van der Waals surface area contributed by atoms with Crippen LogP contribution in [0.5, 0.6) is 5.75 Å². The van der Waals surface area contributed by atoms with Gasteiger partial charge in [-0.25, -0.2) is 0 Å². The van der Waals surface area contributed by atoms with Crippen LogP contribution in [-0.2, 0) is 4.79 Å². The van der Waals surface area contributed by atoms with E-state index in [1.807, 2.05) is 11.8 Å². The summed E-state index contributed by atoms with van der Waals surface area (Å²) < 4.78 is 5.92. The van der Waals surface area contributed by atoms with Crippen LogP contribution in [0.4, 0.5) is 0 Å². The molecule has 0 spiro atoms. The van der Waals surface area contributed by atoms with Crippen molar-refractivity contribution in [3.63, 3.8) is 0 Å². The van der Waals surface area contributed by atoms with Gasteiger partial charge in [0.25, 0.3) is 0 Å². The Balaban J connectivity index is 0.00000242. The lowest BCUT2D eigenvalue weighted by molar-refractivity contribution is -0.137. The molecule has 1 saturated heterocycles. The van der Waals surface area contributed by atoms with E-state index in [0.29, 0.717) is 28.9 Å². The Kier molecular flexibility index (Phi) is 7.77. The molecular weight excluding hydrogens is 347 g/mol. The van der Waals surface area contributed by atoms with Crippen LogP contribution in [0.2, 0.25) is 10.0 Å². The lowest BCUT2D eigenvalue weighted by Crippen LogP contribution is -2.47. The average Bonchev–Trinajstić information content (AvgIpc) is 2.49. The number of hydrogen-bond donors (Lipinski definition) is 1. The highest BCUT2D eigenvalue weighted by molar-refractivity contribution is 6.42. The molecule has 2 rings (SSSR count). The standard InChI is InChI=1S/C15H20Cl2N2O2.ClH/c1-10(8-18)15(20)19-6-2-3-12(9-19)21-11-4-5-13(16)14(17)7-11;/h4-5,7,10,12H,2-3,6,8-9,18H2,1H3;1H. The van der Waals surface area contributed by atoms with Gasteiger partial charge >= 0.3 is 0 Å². The first kappa shape index (κ1) is 19.4. The van der Waals surface area contributed by atoms with Crippen molar-refractivity contribution in [1.82, 2.24) is 4.90 Å². The highest BCUT2D eigenvalue weighted by Crippen LogP contribution is 2.28. The number of hydrogen-bond acceptors (Lipinski definition) is 3. The minimum atomic E-state index is -0.145. The lowest BCUT2D eigenvalue weighted by Gasteiger charge is -2.34. The zero-order chi connectivity index (χ0) is 15.4. The number of likely N-dealkylation sites (tertiary alicyclic amines) is 1. The number of amides is 1. The van der Waals surface area contributed by atoms with Crippen LogP contribution in [0.15, 0.2) is 18.2 Å². The van der Waals surface area contributed by atoms with E-state index in [1.165, 1.54) is 0 Å². The Labute approximate surface area is 147 Å². The normalized spacial score (nSPS) is 19.3. The Morgan fingerprint density at radius 3 is 2.82 bits per heavy atom. The number of halogens is 3. The number of piperidine rings is 1. The highest BCUT2D eigenvalue weighted by Gasteiger charge is 2.27. The zero-order valence-electron chi connectivity index (χ0n) is 12.4. The van der Waals surface area contributed by atoms with E-state index in [4.69, 9.17) is 33.7 Å². The SMILES string of the molecule is CC(CN)C(=O)N1CCCC(Oc2ccc(Cl)c(Cl)c2)C1.Cl. The molecule has 1 aromatic carbocycles. The number of nitrogens with two attached hydrogens (primary N) is 1. The maximum Gasteiger partial charge on any atom is 0.226 e. The summed E-state index contributed by atoms with van der Waals surface area (Å²) in [4.78, 5) is 14.0. The molecule has 124 valence electrons. The van der Waals surface area contributed by atoms with Crippen LogP contribution in [-0.4, -0.2) is 36.5 Å². The average molecular weight is 368 g/mol. The second-order valence-corrected chi connectivity index (χ2v) is 6.19. The summed E-state index contributed by atoms with van der Waals surface area (Å²) in [7, 11) is 0. The second kappa shape index (κ2) is 8.82. The topological polar surface area (TPSA) is 55.6 Å². The van der Waals surface area contributed by atoms with E-state index in [2.05, 4.69) is 0 Å². The van der Waals surface area contributed by atoms with Crippen LogP contribution < -0.4 is 10.5 Å². The largest absolute Gasteiger partial charge is 0.489 e. The molecule has 4 nitrogen and oxygen atoms in total. The van der Waals surface area contributed by atoms with E-state index >= 15 is 0 Å². The van der Waals surface area contributed by atoms with E-state index < -0.39 is 0 Å². The maximum atomic E-state index is 12.2. The van der Waals surface area contributed by atoms with Gasteiger partial charge in [-0.05, 0) is 25.0 Å². The lowest BCUT2D eigenvalue weighted by atomic mass is 10.0. The van der Waals surface area contributed by atoms with Gasteiger partial charge in [-0.2, -0.15) is 0 Å². The predicted octanol–water partition coefficient (Wildman–Crippen LogP) is 3.38. The van der Waals surface area contributed by atoms with Crippen LogP contribution in [0.25, 0.3) is 0 Å². The zero-order valence-corrected chi connectivity index (χ0v) is 14.8. The Bertz CT molecular complexity index is 514. The van der Waals surface area contributed by atoms with Gasteiger partial charge in [0.1, 0.15) is 11.9 Å². The number of rotatable bonds is 4. The summed E-state index contributed by atoms with van der Waals surface area (Å²) in [5, 5.41) is 0.968. The Morgan fingerprint density at radius 2 is 2.18 bits per heavy atom. The van der Waals surface area contributed by atoms with Gasteiger partial charge < -0.3 is 15.4 Å². The number of nitrogens with zero attached hydrogens (tertiary/aromatic N) is 1. The predicted molar refractivity (Wildman–Crippen MR) is 92.2 cm³/mol. The molecule has 1 aliphatic heterocycles. The molecule has 0 aromatic heterocycles. The first-order valence-corrected chi connectivity index (χ1v) is 7.87. The smallest absolute Gasteiger partial charge is 0.226 e. The molecule has 1 heterocycles. The molecule has 2 N–H and O–H groups in total. The van der Waals surface area contributed by atoms with Crippen molar-refractivity contribution in [1.29, 1.82) is 0 Å². The minimum absolute atomic E-state index is 0. The molecule has 2 atom stereocenters. The van der Waals surface area contributed by atoms with Gasteiger partial charge in [0, 0.05) is 25.1 Å². The fourth-order valence-electron chi connectivity index (χ4n) is 2.39. The minimum Gasteiger partial charge on any atom is -0.489 e. The molecule has 1 amide bonds. The highest BCUT2D eigenvalue weighted by atomic mass is 35.5. The summed E-state index contributed by atoms with van der Waals surface area (Å²) >= 11 is 11.9. The molecule has 0 aliphatic carbocycles. The Morgan fingerprint density at radius 1 is 1.45 bits per heavy atom. The van der Waals surface area contributed by atoms with Gasteiger partial charge in [0.05, 0.1) is 16.6 Å². The van der Waals surface area contributed by atoms with Crippen LogP contribution in [0.1, 0.15) is 19.8 Å². The molecule has 7 heteroatoms. The van der Waals surface area contributed by atoms with Gasteiger partial charge in [-0.15, -0.1) is 12.4 Å². The van der Waals surface area contributed by atoms with Gasteiger partial charge in [0.2, 0.25) is 5.91 Å². The molecular formula is C15H21Cl3N2O2. The Hall–Kier alpha value is -0.680. The molecule has 0 saturated carbocycles. The maximum absolute atomic E-state index is 12.2. The monoisotopic (exact) mass is 366 g/mol. The van der Waals surface area contributed by atoms with Crippen molar-refractivity contribution in [3.05, 3.63) is 28.2 Å².